The van der Waals surface area contributed by atoms with Crippen LogP contribution in [-0.4, -0.2) is 42.8 Å². The second-order valence-electron chi connectivity index (χ2n) is 5.96. The van der Waals surface area contributed by atoms with Crippen molar-refractivity contribution < 1.29 is 4.74 Å². The van der Waals surface area contributed by atoms with Gasteiger partial charge in [0.25, 0.3) is 0 Å². The Morgan fingerprint density at radius 3 is 3.04 bits per heavy atom. The molecule has 1 aliphatic heterocycles. The first-order valence-corrected chi connectivity index (χ1v) is 9.04. The van der Waals surface area contributed by atoms with Crippen molar-refractivity contribution in [2.24, 2.45) is 0 Å². The molecule has 1 aliphatic rings. The van der Waals surface area contributed by atoms with Crippen LogP contribution in [0.1, 0.15) is 6.92 Å². The van der Waals surface area contributed by atoms with Crippen LogP contribution in [0.15, 0.2) is 42.0 Å². The Bertz CT molecular complexity index is 850. The van der Waals surface area contributed by atoms with Crippen molar-refractivity contribution >= 4 is 33.1 Å². The average Bonchev–Trinajstić information content (AvgIpc) is 3.09. The Balaban J connectivity index is 1.56. The third kappa shape index (κ3) is 2.67. The summed E-state index contributed by atoms with van der Waals surface area (Å²) in [6.45, 7) is 4.83. The van der Waals surface area contributed by atoms with Crippen LogP contribution < -0.4 is 14.5 Å². The lowest BCUT2D eigenvalue weighted by Crippen LogP contribution is -2.45. The fourth-order valence-corrected chi connectivity index (χ4v) is 3.97. The number of benzene rings is 1. The molecule has 0 spiro atoms. The Hall–Kier alpha value is -2.34. The van der Waals surface area contributed by atoms with E-state index in [1.807, 2.05) is 12.1 Å². The number of aromatic nitrogens is 2. The van der Waals surface area contributed by atoms with Crippen LogP contribution in [0.2, 0.25) is 0 Å². The molecule has 3 aromatic rings. The molecule has 3 heterocycles. The number of anilines is 2. The van der Waals surface area contributed by atoms with Gasteiger partial charge in [-0.3, -0.25) is 0 Å². The summed E-state index contributed by atoms with van der Waals surface area (Å²) in [7, 11) is 2.07. The highest BCUT2D eigenvalue weighted by Gasteiger charge is 2.26. The van der Waals surface area contributed by atoms with Gasteiger partial charge in [0.15, 0.2) is 0 Å². The largest absolute Gasteiger partial charge is 0.485 e. The van der Waals surface area contributed by atoms with Crippen molar-refractivity contribution in [3.63, 3.8) is 0 Å². The van der Waals surface area contributed by atoms with Crippen molar-refractivity contribution in [3.05, 3.63) is 42.0 Å². The van der Waals surface area contributed by atoms with E-state index in [-0.39, 0.29) is 6.10 Å². The number of ether oxygens (including phenoxy) is 1. The van der Waals surface area contributed by atoms with E-state index >= 15 is 0 Å². The van der Waals surface area contributed by atoms with Gasteiger partial charge >= 0.3 is 0 Å². The Morgan fingerprint density at radius 2 is 2.17 bits per heavy atom. The number of rotatable bonds is 4. The average molecular weight is 340 g/mol. The standard InChI is InChI=1S/C18H20N4OS/c1-3-22-11-13(23-16-7-5-4-6-15(16)22)10-21(2)17-14-8-9-24-18(14)20-12-19-17/h4-9,12-13H,3,10-11H2,1-2H3. The van der Waals surface area contributed by atoms with Gasteiger partial charge in [-0.15, -0.1) is 11.3 Å². The summed E-state index contributed by atoms with van der Waals surface area (Å²) in [6.07, 6.45) is 1.74. The van der Waals surface area contributed by atoms with Gasteiger partial charge < -0.3 is 14.5 Å². The van der Waals surface area contributed by atoms with Crippen LogP contribution in [0.4, 0.5) is 11.5 Å². The third-order valence-corrected chi connectivity index (χ3v) is 5.21. The Kier molecular flexibility index (Phi) is 3.98. The molecule has 124 valence electrons. The summed E-state index contributed by atoms with van der Waals surface area (Å²) in [5.41, 5.74) is 1.18. The highest BCUT2D eigenvalue weighted by molar-refractivity contribution is 7.16. The van der Waals surface area contributed by atoms with E-state index < -0.39 is 0 Å². The van der Waals surface area contributed by atoms with E-state index in [0.717, 1.165) is 41.4 Å². The maximum atomic E-state index is 6.23. The van der Waals surface area contributed by atoms with E-state index in [1.165, 1.54) is 5.69 Å². The maximum absolute atomic E-state index is 6.23. The van der Waals surface area contributed by atoms with Crippen LogP contribution in [0.5, 0.6) is 5.75 Å². The number of hydrogen-bond acceptors (Lipinski definition) is 6. The van der Waals surface area contributed by atoms with Crippen LogP contribution >= 0.6 is 11.3 Å². The van der Waals surface area contributed by atoms with Crippen molar-refractivity contribution in [2.75, 3.05) is 36.5 Å². The summed E-state index contributed by atoms with van der Waals surface area (Å²) in [4.78, 5) is 14.4. The number of para-hydroxylation sites is 2. The zero-order valence-electron chi connectivity index (χ0n) is 13.8. The van der Waals surface area contributed by atoms with E-state index in [2.05, 4.69) is 57.3 Å². The van der Waals surface area contributed by atoms with Crippen LogP contribution in [0.3, 0.4) is 0 Å². The summed E-state index contributed by atoms with van der Waals surface area (Å²) in [6, 6.07) is 10.3. The summed E-state index contributed by atoms with van der Waals surface area (Å²) >= 11 is 1.64. The summed E-state index contributed by atoms with van der Waals surface area (Å²) < 4.78 is 6.23. The first-order valence-electron chi connectivity index (χ1n) is 8.16. The predicted octanol–water partition coefficient (Wildman–Crippen LogP) is 3.42. The molecule has 0 aliphatic carbocycles. The molecule has 0 amide bonds. The molecular formula is C18H20N4OS. The summed E-state index contributed by atoms with van der Waals surface area (Å²) in [5.74, 6) is 1.93. The monoisotopic (exact) mass is 340 g/mol. The first kappa shape index (κ1) is 15.2. The molecule has 1 atom stereocenters. The SMILES string of the molecule is CCN1CC(CN(C)c2ncnc3sccc23)Oc2ccccc21. The number of hydrogen-bond donors (Lipinski definition) is 0. The molecule has 1 unspecified atom stereocenters. The number of thiophene rings is 1. The topological polar surface area (TPSA) is 41.5 Å². The molecule has 0 saturated heterocycles. The molecule has 5 nitrogen and oxygen atoms in total. The van der Waals surface area contributed by atoms with Crippen LogP contribution in [0.25, 0.3) is 10.2 Å². The quantitative estimate of drug-likeness (QED) is 0.728. The molecular weight excluding hydrogens is 320 g/mol. The van der Waals surface area contributed by atoms with E-state index in [9.17, 15) is 0 Å². The zero-order chi connectivity index (χ0) is 16.5. The van der Waals surface area contributed by atoms with Crippen LogP contribution in [-0.2, 0) is 0 Å². The van der Waals surface area contributed by atoms with E-state index in [4.69, 9.17) is 4.74 Å². The number of nitrogens with zero attached hydrogens (tertiary/aromatic N) is 4. The van der Waals surface area contributed by atoms with Crippen LogP contribution in [0, 0.1) is 0 Å². The highest BCUT2D eigenvalue weighted by atomic mass is 32.1. The van der Waals surface area contributed by atoms with E-state index in [0.29, 0.717) is 0 Å². The fourth-order valence-electron chi connectivity index (χ4n) is 3.25. The normalized spacial score (nSPS) is 16.8. The number of fused-ring (bicyclic) bond motifs is 2. The summed E-state index contributed by atoms with van der Waals surface area (Å²) in [5, 5.41) is 3.16. The molecule has 2 aromatic heterocycles. The van der Waals surface area contributed by atoms with Crippen molar-refractivity contribution in [1.82, 2.24) is 9.97 Å². The maximum Gasteiger partial charge on any atom is 0.143 e. The predicted molar refractivity (Wildman–Crippen MR) is 99.4 cm³/mol. The smallest absolute Gasteiger partial charge is 0.143 e. The molecule has 0 saturated carbocycles. The molecule has 0 bridgehead atoms. The lowest BCUT2D eigenvalue weighted by molar-refractivity contribution is 0.200. The number of likely N-dealkylation sites (N-methyl/N-ethyl adjacent to an activating group) is 2. The molecule has 24 heavy (non-hydrogen) atoms. The minimum Gasteiger partial charge on any atom is -0.485 e. The van der Waals surface area contributed by atoms with Gasteiger partial charge in [0.05, 0.1) is 24.2 Å². The second-order valence-corrected chi connectivity index (χ2v) is 6.86. The molecule has 0 radical (unpaired) electrons. The van der Waals surface area contributed by atoms with Crippen molar-refractivity contribution in [1.29, 1.82) is 0 Å². The van der Waals surface area contributed by atoms with Gasteiger partial charge in [-0.2, -0.15) is 0 Å². The van der Waals surface area contributed by atoms with E-state index in [1.54, 1.807) is 17.7 Å². The van der Waals surface area contributed by atoms with Gasteiger partial charge in [0.2, 0.25) is 0 Å². The lowest BCUT2D eigenvalue weighted by Gasteiger charge is -2.37. The van der Waals surface area contributed by atoms with Gasteiger partial charge in [-0.25, -0.2) is 9.97 Å². The van der Waals surface area contributed by atoms with Gasteiger partial charge in [0.1, 0.15) is 28.8 Å². The fraction of sp³-hybridized carbons (Fsp3) is 0.333. The minimum absolute atomic E-state index is 0.105. The molecule has 0 N–H and O–H groups in total. The Labute approximate surface area is 145 Å². The third-order valence-electron chi connectivity index (χ3n) is 4.39. The van der Waals surface area contributed by atoms with Gasteiger partial charge in [-0.1, -0.05) is 12.1 Å². The molecule has 1 aromatic carbocycles. The molecule has 4 rings (SSSR count). The molecule has 6 heteroatoms. The lowest BCUT2D eigenvalue weighted by atomic mass is 10.2. The minimum atomic E-state index is 0.105. The molecule has 0 fully saturated rings. The van der Waals surface area contributed by atoms with Crippen molar-refractivity contribution in [2.45, 2.75) is 13.0 Å². The second kappa shape index (κ2) is 6.28. The van der Waals surface area contributed by atoms with Gasteiger partial charge in [0, 0.05) is 13.6 Å². The Morgan fingerprint density at radius 1 is 1.29 bits per heavy atom. The zero-order valence-corrected chi connectivity index (χ0v) is 14.7. The first-order chi connectivity index (χ1) is 11.8. The van der Waals surface area contributed by atoms with Crippen molar-refractivity contribution in [3.8, 4) is 5.75 Å². The highest BCUT2D eigenvalue weighted by Crippen LogP contribution is 2.33. The van der Waals surface area contributed by atoms with Gasteiger partial charge in [-0.05, 0) is 30.5 Å².